The number of para-hydroxylation sites is 1. The van der Waals surface area contributed by atoms with E-state index in [4.69, 9.17) is 34.5 Å². The molecule has 7 rings (SSSR count). The Labute approximate surface area is 260 Å². The summed E-state index contributed by atoms with van der Waals surface area (Å²) in [5.74, 6) is 0. The van der Waals surface area contributed by atoms with E-state index >= 15 is 0 Å². The lowest BCUT2D eigenvalue weighted by Gasteiger charge is -2.27. The number of furan rings is 1. The maximum Gasteiger partial charge on any atom is 0.135 e. The Bertz CT molecular complexity index is 2330. The van der Waals surface area contributed by atoms with Gasteiger partial charge in [-0.3, -0.25) is 0 Å². The van der Waals surface area contributed by atoms with Crippen molar-refractivity contribution in [3.8, 4) is 11.1 Å². The Kier molecular flexibility index (Phi) is 5.10. The number of rotatable bonds is 4. The zero-order valence-electron chi connectivity index (χ0n) is 27.5. The number of benzene rings is 5. The van der Waals surface area contributed by atoms with E-state index in [1.165, 1.54) is 5.56 Å². The van der Waals surface area contributed by atoms with Gasteiger partial charge in [-0.15, -0.1) is 11.3 Å². The van der Waals surface area contributed by atoms with Gasteiger partial charge in [0, 0.05) is 31.9 Å². The molecule has 0 N–H and O–H groups in total. The monoisotopic (exact) mass is 596 g/mol. The average Bonchev–Trinajstić information content (AvgIpc) is 3.62. The first kappa shape index (κ1) is 21.0. The minimum atomic E-state index is -0.458. The molecule has 0 aliphatic heterocycles. The third-order valence-corrected chi connectivity index (χ3v) is 9.06. The SMILES string of the molecule is [2H]c1c([2H])c([2H])c(-c2cc(Cl)c(Cl)c(N(c3ccc4oc5ccccc5c4c3)c3csc4ccc(C(C)(C)C)cc34)c2)c([2H])c1[2H]. The average molecular weight is 598 g/mol. The van der Waals surface area contributed by atoms with E-state index in [9.17, 15) is 0 Å². The van der Waals surface area contributed by atoms with Gasteiger partial charge in [-0.2, -0.15) is 0 Å². The highest BCUT2D eigenvalue weighted by Gasteiger charge is 2.24. The van der Waals surface area contributed by atoms with Crippen molar-refractivity contribution in [1.82, 2.24) is 0 Å². The van der Waals surface area contributed by atoms with Gasteiger partial charge in [0.1, 0.15) is 11.2 Å². The third-order valence-electron chi connectivity index (χ3n) is 7.32. The molecule has 2 heterocycles. The Balaban J connectivity index is 1.55. The lowest BCUT2D eigenvalue weighted by atomic mass is 9.86. The molecule has 0 aliphatic carbocycles. The van der Waals surface area contributed by atoms with Crippen LogP contribution in [0.5, 0.6) is 0 Å². The van der Waals surface area contributed by atoms with Crippen LogP contribution in [0.2, 0.25) is 10.0 Å². The number of halogens is 2. The lowest BCUT2D eigenvalue weighted by Crippen LogP contribution is -2.12. The molecule has 0 atom stereocenters. The molecular formula is C36H27Cl2NOS. The quantitative estimate of drug-likeness (QED) is 0.201. The zero-order chi connectivity index (χ0) is 32.7. The van der Waals surface area contributed by atoms with E-state index in [-0.39, 0.29) is 33.1 Å². The third kappa shape index (κ3) is 4.59. The van der Waals surface area contributed by atoms with Crippen LogP contribution in [0.3, 0.4) is 0 Å². The summed E-state index contributed by atoms with van der Waals surface area (Å²) in [7, 11) is 0. The van der Waals surface area contributed by atoms with E-state index in [2.05, 4.69) is 50.4 Å². The summed E-state index contributed by atoms with van der Waals surface area (Å²) in [5, 5.41) is 5.46. The van der Waals surface area contributed by atoms with Crippen LogP contribution in [0.4, 0.5) is 17.1 Å². The molecule has 202 valence electrons. The van der Waals surface area contributed by atoms with Crippen LogP contribution in [-0.2, 0) is 5.41 Å². The first-order valence-corrected chi connectivity index (χ1v) is 14.8. The molecule has 0 radical (unpaired) electrons. The van der Waals surface area contributed by atoms with Gasteiger partial charge >= 0.3 is 0 Å². The topological polar surface area (TPSA) is 16.4 Å². The molecule has 7 aromatic rings. The molecule has 41 heavy (non-hydrogen) atoms. The van der Waals surface area contributed by atoms with Gasteiger partial charge in [-0.25, -0.2) is 0 Å². The summed E-state index contributed by atoms with van der Waals surface area (Å²) in [6.45, 7) is 6.53. The van der Waals surface area contributed by atoms with Gasteiger partial charge < -0.3 is 9.32 Å². The molecule has 5 heteroatoms. The fourth-order valence-electron chi connectivity index (χ4n) is 5.19. The van der Waals surface area contributed by atoms with Crippen LogP contribution < -0.4 is 4.90 Å². The summed E-state index contributed by atoms with van der Waals surface area (Å²) in [6, 6.07) is 21.7. The fraction of sp³-hybridized carbons (Fsp3) is 0.111. The van der Waals surface area contributed by atoms with Crippen LogP contribution in [0.25, 0.3) is 43.2 Å². The molecule has 2 aromatic heterocycles. The molecular weight excluding hydrogens is 565 g/mol. The first-order valence-electron chi connectivity index (χ1n) is 15.6. The lowest BCUT2D eigenvalue weighted by molar-refractivity contribution is 0.591. The van der Waals surface area contributed by atoms with Crippen LogP contribution in [0.15, 0.2) is 113 Å². The van der Waals surface area contributed by atoms with Crippen LogP contribution in [0.1, 0.15) is 33.2 Å². The second kappa shape index (κ2) is 9.95. The van der Waals surface area contributed by atoms with Crippen molar-refractivity contribution < 1.29 is 11.3 Å². The van der Waals surface area contributed by atoms with Gasteiger partial charge in [-0.1, -0.05) is 98.5 Å². The highest BCUT2D eigenvalue weighted by atomic mass is 35.5. The predicted octanol–water partition coefficient (Wildman–Crippen LogP) is 12.5. The molecule has 0 amide bonds. The van der Waals surface area contributed by atoms with E-state index < -0.39 is 18.1 Å². The Hall–Kier alpha value is -3.76. The first-order chi connectivity index (χ1) is 21.8. The van der Waals surface area contributed by atoms with Crippen molar-refractivity contribution in [2.75, 3.05) is 4.90 Å². The van der Waals surface area contributed by atoms with Crippen LogP contribution in [-0.4, -0.2) is 0 Å². The molecule has 0 saturated carbocycles. The summed E-state index contributed by atoms with van der Waals surface area (Å²) >= 11 is 15.5. The van der Waals surface area contributed by atoms with E-state index in [0.717, 1.165) is 43.4 Å². The second-order valence-electron chi connectivity index (χ2n) is 11.0. The number of hydrogen-bond acceptors (Lipinski definition) is 3. The maximum atomic E-state index is 8.65. The van der Waals surface area contributed by atoms with E-state index in [0.29, 0.717) is 11.3 Å². The van der Waals surface area contributed by atoms with Crippen LogP contribution >= 0.6 is 34.5 Å². The molecule has 5 aromatic carbocycles. The number of fused-ring (bicyclic) bond motifs is 4. The van der Waals surface area contributed by atoms with Crippen LogP contribution in [0, 0.1) is 0 Å². The summed E-state index contributed by atoms with van der Waals surface area (Å²) in [4.78, 5) is 2.03. The van der Waals surface area contributed by atoms with Gasteiger partial charge in [-0.05, 0) is 70.6 Å². The number of anilines is 3. The second-order valence-corrected chi connectivity index (χ2v) is 12.7. The number of nitrogens with zero attached hydrogens (tertiary/aromatic N) is 1. The predicted molar refractivity (Wildman–Crippen MR) is 178 cm³/mol. The molecule has 0 bridgehead atoms. The van der Waals surface area contributed by atoms with Crippen molar-refractivity contribution in [2.24, 2.45) is 0 Å². The molecule has 0 aliphatic rings. The largest absolute Gasteiger partial charge is 0.456 e. The molecule has 0 saturated heterocycles. The highest BCUT2D eigenvalue weighted by molar-refractivity contribution is 7.17. The molecule has 0 unspecified atom stereocenters. The van der Waals surface area contributed by atoms with Gasteiger partial charge in [0.2, 0.25) is 0 Å². The van der Waals surface area contributed by atoms with Gasteiger partial charge in [0.05, 0.1) is 28.3 Å². The summed E-state index contributed by atoms with van der Waals surface area (Å²) in [5.41, 5.74) is 5.17. The Morgan fingerprint density at radius 2 is 1.54 bits per heavy atom. The molecule has 0 fully saturated rings. The number of hydrogen-bond donors (Lipinski definition) is 0. The maximum absolute atomic E-state index is 8.65. The van der Waals surface area contributed by atoms with Crippen molar-refractivity contribution in [2.45, 2.75) is 26.2 Å². The number of thiophene rings is 1. The minimum absolute atomic E-state index is 0.0484. The van der Waals surface area contributed by atoms with Crippen molar-refractivity contribution >= 4 is 83.6 Å². The Morgan fingerprint density at radius 1 is 0.756 bits per heavy atom. The molecule has 2 nitrogen and oxygen atoms in total. The van der Waals surface area contributed by atoms with Crippen molar-refractivity contribution in [1.29, 1.82) is 0 Å². The standard InChI is InChI=1S/C36H27Cl2NOS/c1-36(2,3)24-13-16-34-28(19-24)31(21-41-34)39(25-14-15-33-27(20-25)26-11-7-8-12-32(26)40-33)30-18-23(17-29(37)35(30)38)22-9-5-4-6-10-22/h4-21H,1-3H3/i4D,5D,6D,9D,10D. The normalized spacial score (nSPS) is 13.7. The highest BCUT2D eigenvalue weighted by Crippen LogP contribution is 2.49. The smallest absolute Gasteiger partial charge is 0.135 e. The summed E-state index contributed by atoms with van der Waals surface area (Å²) in [6.07, 6.45) is 0. The zero-order valence-corrected chi connectivity index (χ0v) is 24.9. The minimum Gasteiger partial charge on any atom is -0.456 e. The Morgan fingerprint density at radius 3 is 2.34 bits per heavy atom. The van der Waals surface area contributed by atoms with Gasteiger partial charge in [0.15, 0.2) is 0 Å². The van der Waals surface area contributed by atoms with E-state index in [1.807, 2.05) is 41.3 Å². The fourth-order valence-corrected chi connectivity index (χ4v) is 6.51. The van der Waals surface area contributed by atoms with E-state index in [1.54, 1.807) is 23.5 Å². The molecule has 0 spiro atoms. The van der Waals surface area contributed by atoms with Crippen molar-refractivity contribution in [3.05, 3.63) is 124 Å². The summed E-state index contributed by atoms with van der Waals surface area (Å²) < 4.78 is 49.1. The van der Waals surface area contributed by atoms with Crippen molar-refractivity contribution in [3.63, 3.8) is 0 Å². The van der Waals surface area contributed by atoms with Gasteiger partial charge in [0.25, 0.3) is 0 Å².